The van der Waals surface area contributed by atoms with E-state index in [0.717, 1.165) is 60.3 Å². The summed E-state index contributed by atoms with van der Waals surface area (Å²) in [5, 5.41) is 22.5. The lowest BCUT2D eigenvalue weighted by molar-refractivity contribution is 0.260. The zero-order valence-electron chi connectivity index (χ0n) is 18.4. The highest BCUT2D eigenvalue weighted by atomic mass is 32.2. The van der Waals surface area contributed by atoms with Crippen molar-refractivity contribution >= 4 is 21.6 Å². The van der Waals surface area contributed by atoms with Gasteiger partial charge in [0.2, 0.25) is 0 Å². The molecule has 0 saturated carbocycles. The van der Waals surface area contributed by atoms with Crippen LogP contribution >= 0.6 is 0 Å². The minimum atomic E-state index is -3.57. The van der Waals surface area contributed by atoms with Gasteiger partial charge in [0.1, 0.15) is 0 Å². The number of nitrogens with zero attached hydrogens (tertiary/aromatic N) is 4. The van der Waals surface area contributed by atoms with Crippen LogP contribution in [0.4, 0.5) is 10.5 Å². The Kier molecular flexibility index (Phi) is 5.43. The topological polar surface area (TPSA) is 135 Å². The van der Waals surface area contributed by atoms with Gasteiger partial charge in [-0.25, -0.2) is 14.1 Å². The Balaban J connectivity index is 1.70. The molecule has 2 aliphatic carbocycles. The fraction of sp³-hybridized carbons (Fsp3) is 0.571. The molecule has 4 N–H and O–H groups in total. The first-order valence-electron chi connectivity index (χ1n) is 10.6. The third kappa shape index (κ3) is 3.88. The third-order valence-corrected chi connectivity index (χ3v) is 7.39. The Morgan fingerprint density at radius 3 is 2.74 bits per heavy atom. The molecule has 2 heterocycles. The molecule has 0 saturated heterocycles. The van der Waals surface area contributed by atoms with E-state index in [0.29, 0.717) is 5.69 Å². The number of anilines is 1. The minimum Gasteiger partial charge on any atom is -0.390 e. The van der Waals surface area contributed by atoms with Crippen molar-refractivity contribution in [3.05, 3.63) is 34.3 Å². The molecule has 0 unspecified atom stereocenters. The average molecular weight is 447 g/mol. The highest BCUT2D eigenvalue weighted by Gasteiger charge is 2.36. The summed E-state index contributed by atoms with van der Waals surface area (Å²) in [5.74, 6) is 0. The highest BCUT2D eigenvalue weighted by Crippen LogP contribution is 2.44. The SMILES string of the molecule is CC(C)n1nc([S@](N)(=O)=NC(=O)Nc2c3c(nc4c2CCC4(C)C)CCC3)cc1CO. The van der Waals surface area contributed by atoms with Gasteiger partial charge in [-0.2, -0.15) is 5.10 Å². The molecule has 4 rings (SSSR count). The molecular formula is C21H30N6O3S. The first kappa shape index (κ1) is 21.9. The van der Waals surface area contributed by atoms with Crippen molar-refractivity contribution in [2.45, 2.75) is 82.9 Å². The number of aliphatic hydroxyl groups is 1. The van der Waals surface area contributed by atoms with Crippen molar-refractivity contribution in [2.24, 2.45) is 9.50 Å². The maximum atomic E-state index is 13.0. The van der Waals surface area contributed by atoms with E-state index in [9.17, 15) is 14.1 Å². The van der Waals surface area contributed by atoms with Gasteiger partial charge in [0.25, 0.3) is 0 Å². The Labute approximate surface area is 182 Å². The molecule has 2 aromatic rings. The van der Waals surface area contributed by atoms with Crippen LogP contribution in [0.1, 0.15) is 74.8 Å². The first-order valence-corrected chi connectivity index (χ1v) is 12.2. The molecule has 0 bridgehead atoms. The fourth-order valence-corrected chi connectivity index (χ4v) is 5.44. The smallest absolute Gasteiger partial charge is 0.354 e. The number of nitrogens with one attached hydrogen (secondary N) is 1. The number of carbonyl (C=O) groups is 1. The van der Waals surface area contributed by atoms with Crippen molar-refractivity contribution in [3.8, 4) is 0 Å². The average Bonchev–Trinajstić information content (AvgIpc) is 3.39. The van der Waals surface area contributed by atoms with Gasteiger partial charge in [0.15, 0.2) is 14.9 Å². The molecule has 168 valence electrons. The fourth-order valence-electron chi connectivity index (χ4n) is 4.55. The summed E-state index contributed by atoms with van der Waals surface area (Å²) in [6.45, 7) is 7.81. The number of carbonyl (C=O) groups excluding carboxylic acids is 1. The molecule has 31 heavy (non-hydrogen) atoms. The summed E-state index contributed by atoms with van der Waals surface area (Å²) in [6.07, 6.45) is 4.53. The zero-order valence-corrected chi connectivity index (χ0v) is 19.3. The van der Waals surface area contributed by atoms with Gasteiger partial charge in [-0.05, 0) is 57.1 Å². The molecule has 2 aromatic heterocycles. The Bertz CT molecular complexity index is 1170. The van der Waals surface area contributed by atoms with Crippen molar-refractivity contribution in [3.63, 3.8) is 0 Å². The summed E-state index contributed by atoms with van der Waals surface area (Å²) in [5.41, 5.74) is 5.33. The highest BCUT2D eigenvalue weighted by molar-refractivity contribution is 7.91. The molecule has 0 spiro atoms. The summed E-state index contributed by atoms with van der Waals surface area (Å²) in [7, 11) is -3.57. The molecule has 9 nitrogen and oxygen atoms in total. The number of nitrogens with two attached hydrogens (primary N) is 1. The molecule has 0 radical (unpaired) electrons. The minimum absolute atomic E-state index is 0.0216. The van der Waals surface area contributed by atoms with Gasteiger partial charge in [-0.1, -0.05) is 13.8 Å². The first-order chi connectivity index (χ1) is 14.5. The number of aromatic nitrogens is 3. The molecule has 1 atom stereocenters. The maximum Gasteiger partial charge on any atom is 0.354 e. The molecule has 2 aliphatic rings. The molecule has 0 aliphatic heterocycles. The zero-order chi connectivity index (χ0) is 22.6. The monoisotopic (exact) mass is 446 g/mol. The largest absolute Gasteiger partial charge is 0.390 e. The predicted octanol–water partition coefficient (Wildman–Crippen LogP) is 3.00. The van der Waals surface area contributed by atoms with Gasteiger partial charge >= 0.3 is 6.03 Å². The lowest BCUT2D eigenvalue weighted by atomic mass is 9.90. The molecule has 0 aromatic carbocycles. The predicted molar refractivity (Wildman–Crippen MR) is 118 cm³/mol. The summed E-state index contributed by atoms with van der Waals surface area (Å²) >= 11 is 0. The molecule has 0 fully saturated rings. The molecular weight excluding hydrogens is 416 g/mol. The van der Waals surface area contributed by atoms with Crippen molar-refractivity contribution < 1.29 is 14.1 Å². The van der Waals surface area contributed by atoms with E-state index in [2.05, 4.69) is 28.6 Å². The van der Waals surface area contributed by atoms with E-state index < -0.39 is 15.9 Å². The number of pyridine rings is 1. The number of aryl methyl sites for hydroxylation is 1. The van der Waals surface area contributed by atoms with Crippen molar-refractivity contribution in [2.75, 3.05) is 5.32 Å². The quantitative estimate of drug-likeness (QED) is 0.663. The second-order valence-electron chi connectivity index (χ2n) is 9.24. The van der Waals surface area contributed by atoms with E-state index in [1.807, 2.05) is 13.8 Å². The number of amides is 2. The van der Waals surface area contributed by atoms with E-state index in [4.69, 9.17) is 10.1 Å². The summed E-state index contributed by atoms with van der Waals surface area (Å²) in [4.78, 5) is 17.7. The normalized spacial score (nSPS) is 18.5. The number of hydrogen-bond acceptors (Lipinski definition) is 5. The standard InChI is InChI=1S/C21H30N6O3S/c1-12(2)27-13(11-28)10-17(25-27)31(22,30)26-20(29)24-18-14-6-5-7-16(14)23-19-15(18)8-9-21(19,3)4/h10,12,28H,5-9,11H2,1-4H3,(H3,22,23,24,26,29,30)/t31-/m1/s1. The second kappa shape index (κ2) is 7.68. The Hall–Kier alpha value is -2.30. The van der Waals surface area contributed by atoms with Crippen LogP contribution < -0.4 is 10.5 Å². The number of fused-ring (bicyclic) bond motifs is 2. The van der Waals surface area contributed by atoms with Gasteiger partial charge < -0.3 is 10.4 Å². The van der Waals surface area contributed by atoms with E-state index in [1.165, 1.54) is 10.7 Å². The summed E-state index contributed by atoms with van der Waals surface area (Å²) < 4.78 is 18.4. The Morgan fingerprint density at radius 2 is 2.10 bits per heavy atom. The van der Waals surface area contributed by atoms with E-state index >= 15 is 0 Å². The van der Waals surface area contributed by atoms with Gasteiger partial charge in [0, 0.05) is 23.2 Å². The van der Waals surface area contributed by atoms with Gasteiger partial charge in [-0.3, -0.25) is 9.67 Å². The van der Waals surface area contributed by atoms with Crippen LogP contribution in [0.25, 0.3) is 0 Å². The number of hydrogen-bond donors (Lipinski definition) is 3. The maximum absolute atomic E-state index is 13.0. The van der Waals surface area contributed by atoms with Gasteiger partial charge in [-0.15, -0.1) is 4.36 Å². The van der Waals surface area contributed by atoms with E-state index in [-0.39, 0.29) is 23.1 Å². The summed E-state index contributed by atoms with van der Waals surface area (Å²) in [6, 6.07) is 0.610. The van der Waals surface area contributed by atoms with Crippen LogP contribution in [-0.2, 0) is 41.2 Å². The van der Waals surface area contributed by atoms with E-state index in [1.54, 1.807) is 0 Å². The van der Waals surface area contributed by atoms with Crippen LogP contribution in [0.5, 0.6) is 0 Å². The molecule has 10 heteroatoms. The van der Waals surface area contributed by atoms with Crippen LogP contribution in [0, 0.1) is 0 Å². The van der Waals surface area contributed by atoms with Crippen LogP contribution in [0.3, 0.4) is 0 Å². The van der Waals surface area contributed by atoms with Crippen LogP contribution in [0.2, 0.25) is 0 Å². The van der Waals surface area contributed by atoms with Gasteiger partial charge in [0.05, 0.1) is 23.7 Å². The number of rotatable bonds is 4. The van der Waals surface area contributed by atoms with Crippen molar-refractivity contribution in [1.82, 2.24) is 14.8 Å². The number of urea groups is 1. The van der Waals surface area contributed by atoms with Crippen LogP contribution in [-0.4, -0.2) is 30.1 Å². The second-order valence-corrected chi connectivity index (χ2v) is 11.0. The third-order valence-electron chi connectivity index (χ3n) is 6.16. The van der Waals surface area contributed by atoms with Crippen LogP contribution in [0.15, 0.2) is 15.5 Å². The lowest BCUT2D eigenvalue weighted by Gasteiger charge is -2.20. The molecule has 2 amide bonds. The Morgan fingerprint density at radius 1 is 1.35 bits per heavy atom. The number of aliphatic hydroxyl groups excluding tert-OH is 1. The lowest BCUT2D eigenvalue weighted by Crippen LogP contribution is -2.20. The van der Waals surface area contributed by atoms with Crippen molar-refractivity contribution in [1.29, 1.82) is 0 Å².